The van der Waals surface area contributed by atoms with Crippen LogP contribution < -0.4 is 5.73 Å². The van der Waals surface area contributed by atoms with Crippen LogP contribution >= 0.6 is 12.4 Å². The number of nitrogens with two attached hydrogens (primary N) is 1. The summed E-state index contributed by atoms with van der Waals surface area (Å²) in [6, 6.07) is 10.4. The number of carbonyl (C=O) groups excluding carboxylic acids is 1. The normalized spacial score (nSPS) is 20.2. The zero-order chi connectivity index (χ0) is 13.8. The van der Waals surface area contributed by atoms with Crippen LogP contribution in [0.2, 0.25) is 0 Å². The Morgan fingerprint density at radius 1 is 1.45 bits per heavy atom. The third kappa shape index (κ3) is 4.20. The first-order valence-corrected chi connectivity index (χ1v) is 6.86. The van der Waals surface area contributed by atoms with Crippen LogP contribution in [0, 0.1) is 0 Å². The summed E-state index contributed by atoms with van der Waals surface area (Å²) in [4.78, 5) is 16.2. The molecule has 112 valence electrons. The van der Waals surface area contributed by atoms with Gasteiger partial charge in [-0.25, -0.2) is 0 Å². The van der Waals surface area contributed by atoms with E-state index >= 15 is 0 Å². The van der Waals surface area contributed by atoms with Crippen LogP contribution in [0.25, 0.3) is 0 Å². The molecule has 2 atom stereocenters. The molecule has 2 N–H and O–H groups in total. The van der Waals surface area contributed by atoms with Gasteiger partial charge in [0.15, 0.2) is 0 Å². The molecule has 20 heavy (non-hydrogen) atoms. The zero-order valence-corrected chi connectivity index (χ0v) is 13.0. The molecule has 0 aliphatic carbocycles. The van der Waals surface area contributed by atoms with E-state index in [0.717, 1.165) is 25.1 Å². The minimum Gasteiger partial charge on any atom is -0.338 e. The van der Waals surface area contributed by atoms with Crippen LogP contribution in [0.5, 0.6) is 0 Å². The Labute approximate surface area is 127 Å². The number of likely N-dealkylation sites (N-methyl/N-ethyl adjacent to an activating group) is 1. The summed E-state index contributed by atoms with van der Waals surface area (Å²) in [5, 5.41) is 0. The number of benzene rings is 1. The first kappa shape index (κ1) is 17.0. The summed E-state index contributed by atoms with van der Waals surface area (Å²) in [6.45, 7) is 4.30. The molecule has 1 amide bonds. The Morgan fingerprint density at radius 3 is 2.65 bits per heavy atom. The lowest BCUT2D eigenvalue weighted by atomic mass is 10.1. The maximum Gasteiger partial charge on any atom is 0.236 e. The number of carbonyl (C=O) groups is 1. The van der Waals surface area contributed by atoms with Crippen molar-refractivity contribution in [3.05, 3.63) is 35.9 Å². The molecule has 0 spiro atoms. The molecule has 0 saturated carbocycles. The summed E-state index contributed by atoms with van der Waals surface area (Å²) in [6.07, 6.45) is 0.991. The lowest BCUT2D eigenvalue weighted by molar-refractivity contribution is -0.132. The average molecular weight is 298 g/mol. The van der Waals surface area contributed by atoms with E-state index in [1.165, 1.54) is 0 Å². The SMILES string of the molecule is CC(c1ccccc1)N(C)C(=O)CN1CC[C@H](N)C1.Cl. The highest BCUT2D eigenvalue weighted by molar-refractivity contribution is 5.85. The topological polar surface area (TPSA) is 49.6 Å². The fourth-order valence-corrected chi connectivity index (χ4v) is 2.48. The van der Waals surface area contributed by atoms with E-state index in [1.54, 1.807) is 0 Å². The molecule has 0 bridgehead atoms. The van der Waals surface area contributed by atoms with E-state index in [9.17, 15) is 4.79 Å². The van der Waals surface area contributed by atoms with Crippen LogP contribution in [-0.4, -0.2) is 48.4 Å². The zero-order valence-electron chi connectivity index (χ0n) is 12.2. The molecule has 4 nitrogen and oxygen atoms in total. The lowest BCUT2D eigenvalue weighted by Gasteiger charge is -2.27. The number of amides is 1. The second kappa shape index (κ2) is 7.62. The summed E-state index contributed by atoms with van der Waals surface area (Å²) in [7, 11) is 1.87. The third-order valence-electron chi connectivity index (χ3n) is 3.92. The molecular formula is C15H24ClN3O. The molecular weight excluding hydrogens is 274 g/mol. The molecule has 0 aromatic heterocycles. The molecule has 1 aromatic carbocycles. The van der Waals surface area contributed by atoms with Crippen molar-refractivity contribution in [2.45, 2.75) is 25.4 Å². The molecule has 1 saturated heterocycles. The minimum absolute atomic E-state index is 0. The van der Waals surface area contributed by atoms with Gasteiger partial charge in [-0.15, -0.1) is 12.4 Å². The number of hydrogen-bond donors (Lipinski definition) is 1. The Bertz CT molecular complexity index is 426. The molecule has 0 radical (unpaired) electrons. The number of hydrogen-bond acceptors (Lipinski definition) is 3. The van der Waals surface area contributed by atoms with Crippen LogP contribution in [0.15, 0.2) is 30.3 Å². The van der Waals surface area contributed by atoms with Gasteiger partial charge in [0.25, 0.3) is 0 Å². The van der Waals surface area contributed by atoms with Crippen LogP contribution in [-0.2, 0) is 4.79 Å². The second-order valence-corrected chi connectivity index (χ2v) is 5.38. The highest BCUT2D eigenvalue weighted by atomic mass is 35.5. The lowest BCUT2D eigenvalue weighted by Crippen LogP contribution is -2.39. The van der Waals surface area contributed by atoms with Gasteiger partial charge in [0.05, 0.1) is 12.6 Å². The Morgan fingerprint density at radius 2 is 2.10 bits per heavy atom. The molecule has 1 unspecified atom stereocenters. The van der Waals surface area contributed by atoms with E-state index < -0.39 is 0 Å². The molecule has 1 aliphatic rings. The predicted octanol–water partition coefficient (Wildman–Crippen LogP) is 1.66. The van der Waals surface area contributed by atoms with Crippen molar-refractivity contribution in [1.82, 2.24) is 9.80 Å². The van der Waals surface area contributed by atoms with E-state index in [4.69, 9.17) is 5.73 Å². The molecule has 1 heterocycles. The van der Waals surface area contributed by atoms with Crippen LogP contribution in [0.4, 0.5) is 0 Å². The first-order chi connectivity index (χ1) is 9.08. The predicted molar refractivity (Wildman–Crippen MR) is 83.9 cm³/mol. The smallest absolute Gasteiger partial charge is 0.236 e. The van der Waals surface area contributed by atoms with Crippen molar-refractivity contribution in [1.29, 1.82) is 0 Å². The van der Waals surface area contributed by atoms with Crippen molar-refractivity contribution in [3.8, 4) is 0 Å². The highest BCUT2D eigenvalue weighted by Crippen LogP contribution is 2.18. The Hall–Kier alpha value is -1.10. The van der Waals surface area contributed by atoms with Gasteiger partial charge >= 0.3 is 0 Å². The van der Waals surface area contributed by atoms with Crippen LogP contribution in [0.3, 0.4) is 0 Å². The summed E-state index contributed by atoms with van der Waals surface area (Å²) >= 11 is 0. The van der Waals surface area contributed by atoms with E-state index in [-0.39, 0.29) is 30.4 Å². The minimum atomic E-state index is 0. The summed E-state index contributed by atoms with van der Waals surface area (Å²) in [5.74, 6) is 0.158. The van der Waals surface area contributed by atoms with Gasteiger partial charge in [0.2, 0.25) is 5.91 Å². The summed E-state index contributed by atoms with van der Waals surface area (Å²) < 4.78 is 0. The molecule has 5 heteroatoms. The monoisotopic (exact) mass is 297 g/mol. The number of halogens is 1. The standard InChI is InChI=1S/C15H23N3O.ClH/c1-12(13-6-4-3-5-7-13)17(2)15(19)11-18-9-8-14(16)10-18;/h3-7,12,14H,8-11,16H2,1-2H3;1H/t12?,14-;/m0./s1. The fraction of sp³-hybridized carbons (Fsp3) is 0.533. The average Bonchev–Trinajstić information content (AvgIpc) is 2.83. The van der Waals surface area contributed by atoms with Gasteiger partial charge in [0.1, 0.15) is 0 Å². The summed E-state index contributed by atoms with van der Waals surface area (Å²) in [5.41, 5.74) is 7.02. The van der Waals surface area contributed by atoms with E-state index in [1.807, 2.05) is 30.1 Å². The largest absolute Gasteiger partial charge is 0.338 e. The maximum absolute atomic E-state index is 12.3. The van der Waals surface area contributed by atoms with E-state index in [2.05, 4.69) is 24.0 Å². The van der Waals surface area contributed by atoms with Gasteiger partial charge < -0.3 is 10.6 Å². The van der Waals surface area contributed by atoms with Crippen molar-refractivity contribution in [2.75, 3.05) is 26.7 Å². The highest BCUT2D eigenvalue weighted by Gasteiger charge is 2.24. The third-order valence-corrected chi connectivity index (χ3v) is 3.92. The fourth-order valence-electron chi connectivity index (χ4n) is 2.48. The first-order valence-electron chi connectivity index (χ1n) is 6.86. The van der Waals surface area contributed by atoms with Gasteiger partial charge in [-0.2, -0.15) is 0 Å². The van der Waals surface area contributed by atoms with Crippen LogP contribution in [0.1, 0.15) is 24.9 Å². The number of nitrogens with zero attached hydrogens (tertiary/aromatic N) is 2. The van der Waals surface area contributed by atoms with Crippen molar-refractivity contribution in [2.24, 2.45) is 5.73 Å². The molecule has 1 fully saturated rings. The number of likely N-dealkylation sites (tertiary alicyclic amines) is 1. The van der Waals surface area contributed by atoms with E-state index in [0.29, 0.717) is 6.54 Å². The Balaban J connectivity index is 0.00000200. The van der Waals surface area contributed by atoms with Gasteiger partial charge in [-0.3, -0.25) is 9.69 Å². The van der Waals surface area contributed by atoms with Crippen molar-refractivity contribution in [3.63, 3.8) is 0 Å². The van der Waals surface area contributed by atoms with Gasteiger partial charge in [-0.05, 0) is 18.9 Å². The quantitative estimate of drug-likeness (QED) is 0.919. The molecule has 2 rings (SSSR count). The second-order valence-electron chi connectivity index (χ2n) is 5.38. The van der Waals surface area contributed by atoms with Crippen molar-refractivity contribution >= 4 is 18.3 Å². The van der Waals surface area contributed by atoms with Gasteiger partial charge in [-0.1, -0.05) is 30.3 Å². The maximum atomic E-state index is 12.3. The van der Waals surface area contributed by atoms with Crippen molar-refractivity contribution < 1.29 is 4.79 Å². The Kier molecular flexibility index (Phi) is 6.46. The molecule has 1 aromatic rings. The van der Waals surface area contributed by atoms with Gasteiger partial charge in [0, 0.05) is 26.2 Å². The molecule has 1 aliphatic heterocycles. The number of rotatable bonds is 4.